The monoisotopic (exact) mass is 461 g/mol. The highest BCUT2D eigenvalue weighted by Crippen LogP contribution is 2.46. The molecule has 0 unspecified atom stereocenters. The number of nitro groups is 1. The van der Waals surface area contributed by atoms with Crippen LogP contribution >= 0.6 is 11.6 Å². The molecular weight excluding hydrogens is 455 g/mol. The Hall–Kier alpha value is -3.16. The molecule has 0 radical (unpaired) electrons. The van der Waals surface area contributed by atoms with Gasteiger partial charge in [0, 0.05) is 17.7 Å². The van der Waals surface area contributed by atoms with Crippen molar-refractivity contribution in [1.82, 2.24) is 5.43 Å². The van der Waals surface area contributed by atoms with Gasteiger partial charge in [0.15, 0.2) is 0 Å². The van der Waals surface area contributed by atoms with Crippen LogP contribution in [0.3, 0.4) is 0 Å². The zero-order chi connectivity index (χ0) is 22.9. The number of halogens is 8. The molecule has 0 aliphatic carbocycles. The summed E-state index contributed by atoms with van der Waals surface area (Å²) >= 11 is 5.90. The van der Waals surface area contributed by atoms with Crippen LogP contribution in [0.25, 0.3) is 11.3 Å². The fourth-order valence-electron chi connectivity index (χ4n) is 1.93. The first-order valence-electron chi connectivity index (χ1n) is 7.38. The van der Waals surface area contributed by atoms with Gasteiger partial charge in [-0.15, -0.1) is 0 Å². The summed E-state index contributed by atoms with van der Waals surface area (Å²) in [5, 5.41) is 13.7. The molecule has 0 atom stereocenters. The smallest absolute Gasteiger partial charge is 0.455 e. The zero-order valence-corrected chi connectivity index (χ0v) is 14.8. The minimum absolute atomic E-state index is 0.0424. The van der Waals surface area contributed by atoms with Crippen molar-refractivity contribution >= 4 is 29.4 Å². The number of nitrogens with one attached hydrogen (secondary N) is 1. The van der Waals surface area contributed by atoms with Gasteiger partial charge in [0.25, 0.3) is 5.69 Å². The van der Waals surface area contributed by atoms with E-state index in [0.29, 0.717) is 6.21 Å². The van der Waals surface area contributed by atoms with Crippen LogP contribution in [0.4, 0.5) is 36.4 Å². The van der Waals surface area contributed by atoms with Gasteiger partial charge in [0.1, 0.15) is 11.5 Å². The van der Waals surface area contributed by atoms with E-state index in [-0.39, 0.29) is 27.8 Å². The molecule has 162 valence electrons. The maximum atomic E-state index is 13.1. The van der Waals surface area contributed by atoms with Crippen LogP contribution in [-0.4, -0.2) is 35.1 Å². The molecule has 1 heterocycles. The molecule has 15 heteroatoms. The van der Waals surface area contributed by atoms with Gasteiger partial charge >= 0.3 is 23.9 Å². The predicted octanol–water partition coefficient (Wildman–Crippen LogP) is 4.79. The number of benzene rings is 1. The maximum absolute atomic E-state index is 13.1. The number of nitrogens with zero attached hydrogens (tertiary/aromatic N) is 2. The van der Waals surface area contributed by atoms with E-state index in [9.17, 15) is 45.6 Å². The number of carbonyl (C=O) groups is 1. The second kappa shape index (κ2) is 7.93. The Morgan fingerprint density at radius 1 is 1.13 bits per heavy atom. The van der Waals surface area contributed by atoms with E-state index in [0.717, 1.165) is 23.6 Å². The van der Waals surface area contributed by atoms with Crippen molar-refractivity contribution in [3.05, 3.63) is 51.2 Å². The molecule has 7 nitrogen and oxygen atoms in total. The SMILES string of the molecule is O=C(N/N=C\c1ccc(-c2cc([N+](=O)[O-])ccc2Cl)o1)C(F)(F)C(F)(F)C(F)(F)F. The number of alkyl halides is 7. The summed E-state index contributed by atoms with van der Waals surface area (Å²) in [7, 11) is 0. The first-order valence-corrected chi connectivity index (χ1v) is 7.76. The molecule has 1 aromatic carbocycles. The third-order valence-electron chi connectivity index (χ3n) is 3.45. The minimum atomic E-state index is -6.68. The first kappa shape index (κ1) is 23.1. The molecule has 2 rings (SSSR count). The van der Waals surface area contributed by atoms with Crippen molar-refractivity contribution in [2.24, 2.45) is 5.10 Å². The number of non-ortho nitro benzene ring substituents is 1. The van der Waals surface area contributed by atoms with Crippen molar-refractivity contribution in [2.45, 2.75) is 18.0 Å². The minimum Gasteiger partial charge on any atom is -0.455 e. The lowest BCUT2D eigenvalue weighted by atomic mass is 10.1. The largest absolute Gasteiger partial charge is 0.460 e. The van der Waals surface area contributed by atoms with E-state index in [1.165, 1.54) is 12.1 Å². The van der Waals surface area contributed by atoms with Gasteiger partial charge in [-0.25, -0.2) is 5.43 Å². The van der Waals surface area contributed by atoms with Crippen molar-refractivity contribution in [2.75, 3.05) is 0 Å². The molecule has 0 aliphatic heterocycles. The van der Waals surface area contributed by atoms with Crippen LogP contribution in [0.2, 0.25) is 5.02 Å². The summed E-state index contributed by atoms with van der Waals surface area (Å²) in [5.41, 5.74) is 0.588. The number of nitro benzene ring substituents is 1. The lowest BCUT2D eigenvalue weighted by Gasteiger charge is -2.26. The second-order valence-electron chi connectivity index (χ2n) is 5.47. The second-order valence-corrected chi connectivity index (χ2v) is 5.88. The number of hydrogen-bond donors (Lipinski definition) is 1. The molecule has 0 saturated heterocycles. The number of rotatable bonds is 6. The third-order valence-corrected chi connectivity index (χ3v) is 3.78. The first-order chi connectivity index (χ1) is 13.7. The van der Waals surface area contributed by atoms with Crippen molar-refractivity contribution in [3.63, 3.8) is 0 Å². The van der Waals surface area contributed by atoms with Crippen LogP contribution in [0.1, 0.15) is 5.76 Å². The quantitative estimate of drug-likeness (QED) is 0.289. The molecule has 0 bridgehead atoms. The van der Waals surface area contributed by atoms with E-state index in [2.05, 4.69) is 5.10 Å². The van der Waals surface area contributed by atoms with E-state index in [1.54, 1.807) is 0 Å². The highest BCUT2D eigenvalue weighted by molar-refractivity contribution is 6.33. The Balaban J connectivity index is 2.17. The maximum Gasteiger partial charge on any atom is 0.460 e. The Kier molecular flexibility index (Phi) is 6.11. The van der Waals surface area contributed by atoms with Gasteiger partial charge in [-0.1, -0.05) is 11.6 Å². The van der Waals surface area contributed by atoms with Crippen LogP contribution in [0, 0.1) is 10.1 Å². The lowest BCUT2D eigenvalue weighted by Crippen LogP contribution is -2.58. The van der Waals surface area contributed by atoms with E-state index in [4.69, 9.17) is 16.0 Å². The van der Waals surface area contributed by atoms with E-state index >= 15 is 0 Å². The fraction of sp³-hybridized carbons (Fsp3) is 0.200. The molecule has 1 N–H and O–H groups in total. The fourth-order valence-corrected chi connectivity index (χ4v) is 2.14. The Labute approximate surface area is 166 Å². The van der Waals surface area contributed by atoms with Gasteiger partial charge < -0.3 is 4.42 Å². The highest BCUT2D eigenvalue weighted by atomic mass is 35.5. The number of hydrazone groups is 1. The molecule has 30 heavy (non-hydrogen) atoms. The third kappa shape index (κ3) is 4.37. The number of furan rings is 1. The van der Waals surface area contributed by atoms with Crippen LogP contribution in [0.5, 0.6) is 0 Å². The summed E-state index contributed by atoms with van der Waals surface area (Å²) < 4.78 is 93.1. The van der Waals surface area contributed by atoms with Crippen LogP contribution in [-0.2, 0) is 4.79 Å². The van der Waals surface area contributed by atoms with Crippen molar-refractivity contribution < 1.29 is 44.9 Å². The average Bonchev–Trinajstić information content (AvgIpc) is 3.09. The highest BCUT2D eigenvalue weighted by Gasteiger charge is 2.76. The number of carbonyl (C=O) groups excluding carboxylic acids is 1. The molecule has 0 aliphatic rings. The average molecular weight is 462 g/mol. The predicted molar refractivity (Wildman–Crippen MR) is 87.5 cm³/mol. The Morgan fingerprint density at radius 2 is 1.77 bits per heavy atom. The molecule has 0 fully saturated rings. The molecule has 0 saturated carbocycles. The van der Waals surface area contributed by atoms with E-state index < -0.39 is 28.9 Å². The van der Waals surface area contributed by atoms with Crippen LogP contribution in [0.15, 0.2) is 39.9 Å². The van der Waals surface area contributed by atoms with Gasteiger partial charge in [0.05, 0.1) is 16.2 Å². The molecule has 1 aromatic heterocycles. The Morgan fingerprint density at radius 3 is 2.33 bits per heavy atom. The van der Waals surface area contributed by atoms with Gasteiger partial charge in [-0.3, -0.25) is 14.9 Å². The van der Waals surface area contributed by atoms with Crippen LogP contribution < -0.4 is 5.43 Å². The van der Waals surface area contributed by atoms with E-state index in [1.807, 2.05) is 0 Å². The van der Waals surface area contributed by atoms with Crippen molar-refractivity contribution in [1.29, 1.82) is 0 Å². The van der Waals surface area contributed by atoms with Gasteiger partial charge in [-0.05, 0) is 18.2 Å². The zero-order valence-electron chi connectivity index (χ0n) is 14.0. The molecule has 1 amide bonds. The lowest BCUT2D eigenvalue weighted by molar-refractivity contribution is -0.384. The summed E-state index contributed by atoms with van der Waals surface area (Å²) in [6.07, 6.45) is -6.15. The van der Waals surface area contributed by atoms with Gasteiger partial charge in [-0.2, -0.15) is 35.8 Å². The summed E-state index contributed by atoms with van der Waals surface area (Å²) in [6, 6.07) is 5.73. The molecular formula is C15H7ClF7N3O4. The number of hydrogen-bond acceptors (Lipinski definition) is 5. The topological polar surface area (TPSA) is 97.7 Å². The number of amides is 1. The van der Waals surface area contributed by atoms with Gasteiger partial charge in [0.2, 0.25) is 0 Å². The summed E-state index contributed by atoms with van der Waals surface area (Å²) in [6.45, 7) is 0. The standard InChI is InChI=1S/C15H7ClF7N3O4/c16-10-3-1-7(26(28)29)5-9(10)11-4-2-8(30-11)6-24-25-12(27)13(17,18)14(19,20)15(21,22)23/h1-6H,(H,25,27)/b24-6-. The molecule has 2 aromatic rings. The summed E-state index contributed by atoms with van der Waals surface area (Å²) in [4.78, 5) is 21.1. The van der Waals surface area contributed by atoms with Crippen molar-refractivity contribution in [3.8, 4) is 11.3 Å². The Bertz CT molecular complexity index is 1000. The normalized spacial score (nSPS) is 12.9. The summed E-state index contributed by atoms with van der Waals surface area (Å²) in [5.74, 6) is -16.1. The molecule has 0 spiro atoms.